The van der Waals surface area contributed by atoms with E-state index in [4.69, 9.17) is 4.55 Å². The second kappa shape index (κ2) is 10.2. The maximum atomic E-state index is 13.8. The zero-order valence-corrected chi connectivity index (χ0v) is 17.8. The van der Waals surface area contributed by atoms with Crippen molar-refractivity contribution in [1.82, 2.24) is 0 Å². The third kappa shape index (κ3) is 6.64. The fraction of sp³-hybridized carbons (Fsp3) is 0.412. The first-order valence-electron chi connectivity index (χ1n) is 8.70. The Kier molecular flexibility index (Phi) is 8.82. The Bertz CT molecular complexity index is 1080. The molecule has 0 saturated carbocycles. The Morgan fingerprint density at radius 1 is 0.917 bits per heavy atom. The fourth-order valence-electron chi connectivity index (χ4n) is 2.01. The summed E-state index contributed by atoms with van der Waals surface area (Å²) in [7, 11) is -6.83. The van der Waals surface area contributed by atoms with E-state index in [1.807, 2.05) is 0 Å². The van der Waals surface area contributed by atoms with E-state index in [0.717, 1.165) is 24.3 Å². The number of rotatable bonds is 10. The van der Waals surface area contributed by atoms with Crippen molar-refractivity contribution in [2.24, 2.45) is 0 Å². The normalized spacial score (nSPS) is 15.1. The molecule has 1 aromatic carbocycles. The molecule has 0 aliphatic carbocycles. The zero-order chi connectivity index (χ0) is 28.4. The molecule has 1 unspecified atom stereocenters. The molecule has 0 aliphatic heterocycles. The van der Waals surface area contributed by atoms with E-state index >= 15 is 0 Å². The van der Waals surface area contributed by atoms with Crippen LogP contribution in [0.25, 0.3) is 0 Å². The third-order valence-corrected chi connectivity index (χ3v) is 4.84. The molecular formula is C17H12F10O8S. The fourth-order valence-corrected chi connectivity index (χ4v) is 2.49. The van der Waals surface area contributed by atoms with Crippen LogP contribution in [0.3, 0.4) is 0 Å². The average molecular weight is 566 g/mol. The smallest absolute Gasteiger partial charge is 0.421 e. The Hall–Kier alpha value is -2.93. The number of para-hydroxylation sites is 1. The van der Waals surface area contributed by atoms with Gasteiger partial charge in [0.25, 0.3) is 0 Å². The maximum absolute atomic E-state index is 13.8. The van der Waals surface area contributed by atoms with Crippen molar-refractivity contribution in [3.63, 3.8) is 0 Å². The summed E-state index contributed by atoms with van der Waals surface area (Å²) in [6, 6.07) is 5.05. The molecule has 1 rings (SSSR count). The molecule has 0 heterocycles. The molecule has 204 valence electrons. The topological polar surface area (TPSA) is 116 Å². The molecule has 0 bridgehead atoms. The molecule has 0 amide bonds. The van der Waals surface area contributed by atoms with Crippen LogP contribution in [0.1, 0.15) is 6.42 Å². The number of hydrogen-bond acceptors (Lipinski definition) is 7. The number of carbonyl (C=O) groups excluding carboxylic acids is 2. The molecule has 0 aliphatic rings. The van der Waals surface area contributed by atoms with Crippen molar-refractivity contribution >= 4 is 22.1 Å². The van der Waals surface area contributed by atoms with Gasteiger partial charge in [-0.1, -0.05) is 24.8 Å². The van der Waals surface area contributed by atoms with E-state index in [1.54, 1.807) is 0 Å². The van der Waals surface area contributed by atoms with Crippen molar-refractivity contribution in [2.75, 3.05) is 6.61 Å². The molecule has 36 heavy (non-hydrogen) atoms. The minimum absolute atomic E-state index is 0.756. The van der Waals surface area contributed by atoms with Gasteiger partial charge in [-0.2, -0.15) is 52.3 Å². The predicted molar refractivity (Wildman–Crippen MR) is 94.2 cm³/mol. The summed E-state index contributed by atoms with van der Waals surface area (Å²) in [6.45, 7) is -0.283. The van der Waals surface area contributed by atoms with Crippen LogP contribution in [0, 0.1) is 0 Å². The highest BCUT2D eigenvalue weighted by molar-refractivity contribution is 7.87. The number of carbonyl (C=O) groups is 2. The molecule has 1 aromatic rings. The number of ether oxygens (including phenoxy) is 3. The predicted octanol–water partition coefficient (Wildman–Crippen LogP) is 4.03. The molecule has 0 fully saturated rings. The van der Waals surface area contributed by atoms with Gasteiger partial charge in [0.05, 0.1) is 6.61 Å². The SMILES string of the molecule is C=C(C(=O)OC(OCCC(F)(F)C(F)(F)S(=O)(=O)O)(C(=O)Oc1ccccc1)C(F)(F)F)C(F)(F)F. The Balaban J connectivity index is 3.46. The van der Waals surface area contributed by atoms with Crippen LogP contribution in [0.5, 0.6) is 5.75 Å². The van der Waals surface area contributed by atoms with Crippen molar-refractivity contribution in [3.05, 3.63) is 42.5 Å². The van der Waals surface area contributed by atoms with Crippen molar-refractivity contribution in [3.8, 4) is 5.75 Å². The van der Waals surface area contributed by atoms with Gasteiger partial charge in [-0.05, 0) is 12.1 Å². The standard InChI is InChI=1S/C17H12F10O8S/c1-9(15(20,21)22)11(28)35-14(16(23,24)25,12(29)34-10-5-3-2-4-6-10)33-8-7-13(18,19)17(26,27)36(30,31)32/h2-6H,1,7-8H2,(H,30,31,32). The van der Waals surface area contributed by atoms with Gasteiger partial charge in [0.1, 0.15) is 11.3 Å². The second-order valence-corrected chi connectivity index (χ2v) is 7.94. The van der Waals surface area contributed by atoms with Crippen LogP contribution in [0.4, 0.5) is 43.9 Å². The third-order valence-electron chi connectivity index (χ3n) is 3.89. The molecule has 0 radical (unpaired) electrons. The zero-order valence-electron chi connectivity index (χ0n) is 17.0. The lowest BCUT2D eigenvalue weighted by Gasteiger charge is -2.33. The number of benzene rings is 1. The van der Waals surface area contributed by atoms with Crippen molar-refractivity contribution < 1.29 is 80.7 Å². The number of alkyl halides is 10. The highest BCUT2D eigenvalue weighted by Gasteiger charge is 2.70. The molecule has 1 N–H and O–H groups in total. The summed E-state index contributed by atoms with van der Waals surface area (Å²) in [5, 5.41) is -6.28. The lowest BCUT2D eigenvalue weighted by molar-refractivity contribution is -0.355. The van der Waals surface area contributed by atoms with E-state index < -0.39 is 75.7 Å². The van der Waals surface area contributed by atoms with Gasteiger partial charge in [0, 0.05) is 6.42 Å². The van der Waals surface area contributed by atoms with Gasteiger partial charge in [0.15, 0.2) is 0 Å². The Labute approximate surface area is 194 Å². The van der Waals surface area contributed by atoms with Crippen LogP contribution < -0.4 is 4.74 Å². The first-order chi connectivity index (χ1) is 16.0. The minimum atomic E-state index is -6.83. The molecule has 1 atom stereocenters. The van der Waals surface area contributed by atoms with Gasteiger partial charge < -0.3 is 14.2 Å². The summed E-state index contributed by atoms with van der Waals surface area (Å²) in [5.41, 5.74) is -2.63. The summed E-state index contributed by atoms with van der Waals surface area (Å²) >= 11 is 0. The van der Waals surface area contributed by atoms with E-state index in [2.05, 4.69) is 20.8 Å². The highest BCUT2D eigenvalue weighted by atomic mass is 32.2. The van der Waals surface area contributed by atoms with Crippen molar-refractivity contribution in [2.45, 2.75) is 35.7 Å². The lowest BCUT2D eigenvalue weighted by atomic mass is 10.2. The molecule has 19 heteroatoms. The van der Waals surface area contributed by atoms with Gasteiger partial charge in [-0.15, -0.1) is 0 Å². The highest BCUT2D eigenvalue weighted by Crippen LogP contribution is 2.43. The van der Waals surface area contributed by atoms with Gasteiger partial charge in [0.2, 0.25) is 0 Å². The number of esters is 2. The Morgan fingerprint density at radius 2 is 1.42 bits per heavy atom. The van der Waals surface area contributed by atoms with Crippen LogP contribution in [-0.4, -0.2) is 60.8 Å². The van der Waals surface area contributed by atoms with E-state index in [9.17, 15) is 61.9 Å². The minimum Gasteiger partial charge on any atom is -0.421 e. The van der Waals surface area contributed by atoms with E-state index in [0.29, 0.717) is 0 Å². The lowest BCUT2D eigenvalue weighted by Crippen LogP contribution is -2.60. The Morgan fingerprint density at radius 3 is 1.83 bits per heavy atom. The first kappa shape index (κ1) is 31.1. The second-order valence-electron chi connectivity index (χ2n) is 6.48. The van der Waals surface area contributed by atoms with Crippen molar-refractivity contribution in [1.29, 1.82) is 0 Å². The maximum Gasteiger partial charge on any atom is 0.468 e. The van der Waals surface area contributed by atoms with Gasteiger partial charge in [-0.25, -0.2) is 9.59 Å². The quantitative estimate of drug-likeness (QED) is 0.113. The van der Waals surface area contributed by atoms with Crippen LogP contribution in [0.15, 0.2) is 42.5 Å². The number of hydrogen-bond donors (Lipinski definition) is 1. The van der Waals surface area contributed by atoms with Gasteiger partial charge in [-0.3, -0.25) is 4.55 Å². The first-order valence-corrected chi connectivity index (χ1v) is 10.1. The van der Waals surface area contributed by atoms with Crippen LogP contribution in [-0.2, 0) is 29.2 Å². The molecular weight excluding hydrogens is 554 g/mol. The van der Waals surface area contributed by atoms with Gasteiger partial charge >= 0.3 is 51.4 Å². The summed E-state index contributed by atoms with van der Waals surface area (Å²) in [6.07, 6.45) is -14.8. The molecule has 0 aromatic heterocycles. The monoisotopic (exact) mass is 566 g/mol. The van der Waals surface area contributed by atoms with E-state index in [1.165, 1.54) is 6.07 Å². The summed E-state index contributed by atoms with van der Waals surface area (Å²) in [4.78, 5) is 23.9. The number of halogens is 10. The van der Waals surface area contributed by atoms with E-state index in [-0.39, 0.29) is 0 Å². The van der Waals surface area contributed by atoms with Crippen LogP contribution in [0.2, 0.25) is 0 Å². The molecule has 0 spiro atoms. The average Bonchev–Trinajstić information content (AvgIpc) is 2.70. The molecule has 8 nitrogen and oxygen atoms in total. The largest absolute Gasteiger partial charge is 0.468 e. The summed E-state index contributed by atoms with van der Waals surface area (Å²) in [5.74, 6) is -17.7. The van der Waals surface area contributed by atoms with Crippen LogP contribution >= 0.6 is 0 Å². The summed E-state index contributed by atoms with van der Waals surface area (Å²) < 4.78 is 174. The molecule has 0 saturated heterocycles.